The first kappa shape index (κ1) is 12.6. The number of aliphatic hydroxyl groups excluding tert-OH is 1. The van der Waals surface area contributed by atoms with Gasteiger partial charge in [0.05, 0.1) is 17.0 Å². The van der Waals surface area contributed by atoms with Crippen LogP contribution in [-0.2, 0) is 5.41 Å². The van der Waals surface area contributed by atoms with E-state index in [9.17, 15) is 5.11 Å². The Hall–Kier alpha value is -1.43. The van der Waals surface area contributed by atoms with Crippen molar-refractivity contribution in [3.8, 4) is 5.75 Å². The largest absolute Gasteiger partial charge is 0.493 e. The molecule has 2 aromatic rings. The van der Waals surface area contributed by atoms with Crippen LogP contribution in [0.5, 0.6) is 5.75 Å². The maximum absolute atomic E-state index is 10.8. The Balaban J connectivity index is 2.10. The molecule has 4 nitrogen and oxygen atoms in total. The third-order valence-electron chi connectivity index (χ3n) is 3.84. The topological polar surface area (TPSA) is 68.4 Å². The van der Waals surface area contributed by atoms with Crippen LogP contribution in [0.25, 0.3) is 0 Å². The van der Waals surface area contributed by atoms with Crippen LogP contribution in [0.4, 0.5) is 0 Å². The van der Waals surface area contributed by atoms with E-state index in [2.05, 4.69) is 4.98 Å². The molecule has 2 unspecified atom stereocenters. The SMILES string of the molecule is NCC1(C(O)c2cncs2)CCOc2ccccc21. The van der Waals surface area contributed by atoms with Crippen LogP contribution in [0.2, 0.25) is 0 Å². The number of aliphatic hydroxyl groups is 1. The molecule has 1 aliphatic rings. The van der Waals surface area contributed by atoms with Gasteiger partial charge in [-0.05, 0) is 12.5 Å². The van der Waals surface area contributed by atoms with Gasteiger partial charge in [0.15, 0.2) is 0 Å². The van der Waals surface area contributed by atoms with Gasteiger partial charge in [0, 0.05) is 23.7 Å². The summed E-state index contributed by atoms with van der Waals surface area (Å²) in [7, 11) is 0. The molecule has 1 aromatic carbocycles. The van der Waals surface area contributed by atoms with Crippen LogP contribution in [-0.4, -0.2) is 23.2 Å². The summed E-state index contributed by atoms with van der Waals surface area (Å²) in [4.78, 5) is 4.90. The number of para-hydroxylation sites is 1. The Labute approximate surface area is 115 Å². The van der Waals surface area contributed by atoms with E-state index in [0.717, 1.165) is 16.2 Å². The summed E-state index contributed by atoms with van der Waals surface area (Å²) in [5.41, 5.74) is 8.26. The predicted octanol–water partition coefficient (Wildman–Crippen LogP) is 1.86. The van der Waals surface area contributed by atoms with Crippen molar-refractivity contribution in [1.82, 2.24) is 4.98 Å². The van der Waals surface area contributed by atoms with E-state index in [4.69, 9.17) is 10.5 Å². The van der Waals surface area contributed by atoms with E-state index in [-0.39, 0.29) is 0 Å². The fourth-order valence-corrected chi connectivity index (χ4v) is 3.44. The zero-order chi connectivity index (χ0) is 13.3. The highest BCUT2D eigenvalue weighted by Gasteiger charge is 2.44. The van der Waals surface area contributed by atoms with E-state index >= 15 is 0 Å². The number of rotatable bonds is 3. The zero-order valence-electron chi connectivity index (χ0n) is 10.5. The van der Waals surface area contributed by atoms with Gasteiger partial charge in [-0.25, -0.2) is 0 Å². The van der Waals surface area contributed by atoms with Crippen LogP contribution >= 0.6 is 11.3 Å². The van der Waals surface area contributed by atoms with E-state index in [1.165, 1.54) is 11.3 Å². The summed E-state index contributed by atoms with van der Waals surface area (Å²) in [6.07, 6.45) is 1.78. The van der Waals surface area contributed by atoms with Gasteiger partial charge in [0.1, 0.15) is 11.9 Å². The highest BCUT2D eigenvalue weighted by Crippen LogP contribution is 2.46. The number of thiazole rings is 1. The average molecular weight is 276 g/mol. The Morgan fingerprint density at radius 1 is 1.47 bits per heavy atom. The molecule has 3 N–H and O–H groups in total. The number of hydrogen-bond acceptors (Lipinski definition) is 5. The summed E-state index contributed by atoms with van der Waals surface area (Å²) < 4.78 is 5.67. The lowest BCUT2D eigenvalue weighted by atomic mass is 9.71. The van der Waals surface area contributed by atoms with Crippen molar-refractivity contribution in [2.24, 2.45) is 5.73 Å². The zero-order valence-corrected chi connectivity index (χ0v) is 11.3. The molecule has 19 heavy (non-hydrogen) atoms. The normalized spacial score (nSPS) is 23.5. The van der Waals surface area contributed by atoms with Gasteiger partial charge in [0.2, 0.25) is 0 Å². The van der Waals surface area contributed by atoms with Crippen LogP contribution in [0.1, 0.15) is 23.0 Å². The molecule has 1 aliphatic heterocycles. The molecular formula is C14H16N2O2S. The van der Waals surface area contributed by atoms with E-state index in [1.807, 2.05) is 24.3 Å². The molecule has 0 fully saturated rings. The number of aromatic nitrogens is 1. The van der Waals surface area contributed by atoms with Gasteiger partial charge in [-0.2, -0.15) is 0 Å². The number of nitrogens with two attached hydrogens (primary N) is 1. The van der Waals surface area contributed by atoms with Crippen molar-refractivity contribution in [2.45, 2.75) is 17.9 Å². The first-order valence-corrected chi connectivity index (χ1v) is 7.15. The monoisotopic (exact) mass is 276 g/mol. The van der Waals surface area contributed by atoms with Gasteiger partial charge in [0.25, 0.3) is 0 Å². The van der Waals surface area contributed by atoms with E-state index in [1.54, 1.807) is 11.7 Å². The molecule has 3 rings (SSSR count). The Morgan fingerprint density at radius 3 is 3.05 bits per heavy atom. The van der Waals surface area contributed by atoms with E-state index < -0.39 is 11.5 Å². The van der Waals surface area contributed by atoms with Crippen molar-refractivity contribution in [3.05, 3.63) is 46.4 Å². The first-order valence-electron chi connectivity index (χ1n) is 6.27. The Bertz CT molecular complexity index is 558. The second-order valence-corrected chi connectivity index (χ2v) is 5.68. The number of hydrogen-bond donors (Lipinski definition) is 2. The number of ether oxygens (including phenoxy) is 1. The minimum Gasteiger partial charge on any atom is -0.493 e. The van der Waals surface area contributed by atoms with Crippen LogP contribution < -0.4 is 10.5 Å². The lowest BCUT2D eigenvalue weighted by Crippen LogP contribution is -2.44. The van der Waals surface area contributed by atoms with Crippen molar-refractivity contribution in [2.75, 3.05) is 13.2 Å². The molecule has 2 heterocycles. The third-order valence-corrected chi connectivity index (χ3v) is 4.67. The standard InChI is InChI=1S/C14H16N2O2S/c15-8-14(13(17)12-7-16-9-19-12)5-6-18-11-4-2-1-3-10(11)14/h1-4,7,9,13,17H,5-6,8,15H2. The molecule has 0 aliphatic carbocycles. The molecule has 0 radical (unpaired) electrons. The fraction of sp³-hybridized carbons (Fsp3) is 0.357. The number of fused-ring (bicyclic) bond motifs is 1. The van der Waals surface area contributed by atoms with Gasteiger partial charge >= 0.3 is 0 Å². The Kier molecular flexibility index (Phi) is 3.26. The molecule has 0 bridgehead atoms. The highest BCUT2D eigenvalue weighted by atomic mass is 32.1. The molecule has 100 valence electrons. The van der Waals surface area contributed by atoms with Gasteiger partial charge < -0.3 is 15.6 Å². The maximum atomic E-state index is 10.8. The minimum absolute atomic E-state index is 0.381. The minimum atomic E-state index is -0.643. The lowest BCUT2D eigenvalue weighted by Gasteiger charge is -2.41. The number of nitrogens with zero attached hydrogens (tertiary/aromatic N) is 1. The van der Waals surface area contributed by atoms with E-state index in [0.29, 0.717) is 19.6 Å². The molecule has 0 saturated heterocycles. The molecule has 0 saturated carbocycles. The molecule has 1 aromatic heterocycles. The first-order chi connectivity index (χ1) is 9.28. The maximum Gasteiger partial charge on any atom is 0.123 e. The number of benzene rings is 1. The molecule has 0 amide bonds. The summed E-state index contributed by atoms with van der Waals surface area (Å²) in [6, 6.07) is 7.81. The second-order valence-electron chi connectivity index (χ2n) is 4.76. The smallest absolute Gasteiger partial charge is 0.123 e. The molecular weight excluding hydrogens is 260 g/mol. The average Bonchev–Trinajstić information content (AvgIpc) is 3.00. The summed E-state index contributed by atoms with van der Waals surface area (Å²) >= 11 is 1.46. The fourth-order valence-electron chi connectivity index (χ4n) is 2.72. The summed E-state index contributed by atoms with van der Waals surface area (Å²) in [5.74, 6) is 0.822. The molecule has 5 heteroatoms. The van der Waals surface area contributed by atoms with Crippen molar-refractivity contribution >= 4 is 11.3 Å². The van der Waals surface area contributed by atoms with Gasteiger partial charge in [-0.3, -0.25) is 4.98 Å². The summed E-state index contributed by atoms with van der Waals surface area (Å²) in [5, 5.41) is 10.8. The van der Waals surface area contributed by atoms with Crippen LogP contribution in [0, 0.1) is 0 Å². The predicted molar refractivity (Wildman–Crippen MR) is 74.4 cm³/mol. The lowest BCUT2D eigenvalue weighted by molar-refractivity contribution is 0.0560. The van der Waals surface area contributed by atoms with Crippen LogP contribution in [0.3, 0.4) is 0 Å². The van der Waals surface area contributed by atoms with Crippen molar-refractivity contribution in [3.63, 3.8) is 0 Å². The highest BCUT2D eigenvalue weighted by molar-refractivity contribution is 7.09. The van der Waals surface area contributed by atoms with Crippen LogP contribution in [0.15, 0.2) is 36.0 Å². The summed E-state index contributed by atoms with van der Waals surface area (Å²) in [6.45, 7) is 0.955. The second kappa shape index (κ2) is 4.92. The third kappa shape index (κ3) is 1.94. The van der Waals surface area contributed by atoms with Crippen molar-refractivity contribution < 1.29 is 9.84 Å². The van der Waals surface area contributed by atoms with Gasteiger partial charge in [-0.1, -0.05) is 18.2 Å². The Morgan fingerprint density at radius 2 is 2.32 bits per heavy atom. The molecule has 2 atom stereocenters. The molecule has 0 spiro atoms. The quantitative estimate of drug-likeness (QED) is 0.898. The van der Waals surface area contributed by atoms with Gasteiger partial charge in [-0.15, -0.1) is 11.3 Å². The van der Waals surface area contributed by atoms with Crippen molar-refractivity contribution in [1.29, 1.82) is 0 Å².